The molecule has 0 spiro atoms. The molecule has 84 valence electrons. The zero-order valence-electron chi connectivity index (χ0n) is 8.37. The van der Waals surface area contributed by atoms with Gasteiger partial charge >= 0.3 is 6.18 Å². The van der Waals surface area contributed by atoms with E-state index in [4.69, 9.17) is 0 Å². The van der Waals surface area contributed by atoms with Crippen LogP contribution in [0.1, 0.15) is 38.5 Å². The molecule has 0 heterocycles. The van der Waals surface area contributed by atoms with Crippen LogP contribution in [0.2, 0.25) is 0 Å². The van der Waals surface area contributed by atoms with Gasteiger partial charge in [-0.05, 0) is 31.8 Å². The lowest BCUT2D eigenvalue weighted by Crippen LogP contribution is -2.23. The van der Waals surface area contributed by atoms with Gasteiger partial charge in [-0.1, -0.05) is 19.3 Å². The van der Waals surface area contributed by atoms with E-state index in [-0.39, 0.29) is 6.42 Å². The molecule has 0 atom stereocenters. The van der Waals surface area contributed by atoms with Crippen LogP contribution in [0.4, 0.5) is 13.2 Å². The van der Waals surface area contributed by atoms with Gasteiger partial charge in [-0.3, -0.25) is 0 Å². The second-order valence-corrected chi connectivity index (χ2v) is 4.05. The first-order valence-corrected chi connectivity index (χ1v) is 5.35. The number of hydrogen-bond acceptors (Lipinski definition) is 1. The highest BCUT2D eigenvalue weighted by Gasteiger charge is 2.25. The molecule has 4 heteroatoms. The van der Waals surface area contributed by atoms with E-state index in [0.717, 1.165) is 18.9 Å². The average molecular weight is 209 g/mol. The molecule has 1 aliphatic carbocycles. The summed E-state index contributed by atoms with van der Waals surface area (Å²) in [6.07, 6.45) is 0.631. The summed E-state index contributed by atoms with van der Waals surface area (Å²) in [6.45, 7) is 1.37. The van der Waals surface area contributed by atoms with Crippen LogP contribution in [-0.4, -0.2) is 19.3 Å². The maximum Gasteiger partial charge on any atom is 0.389 e. The van der Waals surface area contributed by atoms with Crippen LogP contribution in [0.25, 0.3) is 0 Å². The number of nitrogens with one attached hydrogen (secondary N) is 1. The fourth-order valence-electron chi connectivity index (χ4n) is 1.63. The minimum Gasteiger partial charge on any atom is -0.317 e. The molecule has 1 rings (SSSR count). The molecule has 0 aromatic heterocycles. The second kappa shape index (κ2) is 5.59. The first-order chi connectivity index (χ1) is 6.58. The lowest BCUT2D eigenvalue weighted by Gasteiger charge is -2.25. The average Bonchev–Trinajstić information content (AvgIpc) is 1.97. The van der Waals surface area contributed by atoms with Crippen LogP contribution in [0.5, 0.6) is 0 Å². The molecule has 1 saturated carbocycles. The molecule has 0 aromatic rings. The molecule has 1 nitrogen and oxygen atoms in total. The van der Waals surface area contributed by atoms with Gasteiger partial charge in [-0.25, -0.2) is 0 Å². The molecule has 0 radical (unpaired) electrons. The summed E-state index contributed by atoms with van der Waals surface area (Å²) in [7, 11) is 0. The van der Waals surface area contributed by atoms with Crippen molar-refractivity contribution in [3.8, 4) is 0 Å². The minimum atomic E-state index is -3.99. The van der Waals surface area contributed by atoms with E-state index in [1.165, 1.54) is 19.3 Å². The zero-order valence-corrected chi connectivity index (χ0v) is 8.37. The van der Waals surface area contributed by atoms with Gasteiger partial charge < -0.3 is 5.32 Å². The molecule has 0 unspecified atom stereocenters. The molecule has 0 amide bonds. The molecule has 0 saturated heterocycles. The van der Waals surface area contributed by atoms with Crippen LogP contribution in [0.15, 0.2) is 0 Å². The Morgan fingerprint density at radius 3 is 2.36 bits per heavy atom. The third kappa shape index (κ3) is 5.47. The Labute approximate surface area is 83.1 Å². The number of hydrogen-bond donors (Lipinski definition) is 1. The van der Waals surface area contributed by atoms with Crippen molar-refractivity contribution in [2.24, 2.45) is 5.92 Å². The van der Waals surface area contributed by atoms with E-state index in [1.54, 1.807) is 0 Å². The summed E-state index contributed by atoms with van der Waals surface area (Å²) in [5, 5.41) is 3.06. The van der Waals surface area contributed by atoms with Crippen molar-refractivity contribution in [1.82, 2.24) is 5.32 Å². The zero-order chi connectivity index (χ0) is 10.4. The Balaban J connectivity index is 1.80. The van der Waals surface area contributed by atoms with E-state index >= 15 is 0 Å². The number of rotatable bonds is 6. The predicted octanol–water partition coefficient (Wildman–Crippen LogP) is 3.11. The summed E-state index contributed by atoms with van der Waals surface area (Å²) < 4.78 is 35.2. The van der Waals surface area contributed by atoms with Gasteiger partial charge in [0.05, 0.1) is 0 Å². The predicted molar refractivity (Wildman–Crippen MR) is 50.1 cm³/mol. The van der Waals surface area contributed by atoms with E-state index in [0.29, 0.717) is 6.54 Å². The normalized spacial score (nSPS) is 18.2. The van der Waals surface area contributed by atoms with Gasteiger partial charge in [0.25, 0.3) is 0 Å². The molecular weight excluding hydrogens is 191 g/mol. The van der Waals surface area contributed by atoms with Crippen molar-refractivity contribution < 1.29 is 13.2 Å². The fraction of sp³-hybridized carbons (Fsp3) is 1.00. The summed E-state index contributed by atoms with van der Waals surface area (Å²) in [4.78, 5) is 0. The Morgan fingerprint density at radius 2 is 1.86 bits per heavy atom. The summed E-state index contributed by atoms with van der Waals surface area (Å²) in [5.41, 5.74) is 0. The van der Waals surface area contributed by atoms with Crippen molar-refractivity contribution in [3.05, 3.63) is 0 Å². The molecule has 0 aromatic carbocycles. The molecule has 1 N–H and O–H groups in total. The Bertz CT molecular complexity index is 152. The van der Waals surface area contributed by atoms with Crippen LogP contribution in [0.3, 0.4) is 0 Å². The Kier molecular flexibility index (Phi) is 4.72. The maximum absolute atomic E-state index is 11.7. The Morgan fingerprint density at radius 1 is 1.14 bits per heavy atom. The molecule has 0 bridgehead atoms. The largest absolute Gasteiger partial charge is 0.389 e. The van der Waals surface area contributed by atoms with Gasteiger partial charge in [-0.15, -0.1) is 0 Å². The molecule has 0 aliphatic heterocycles. The van der Waals surface area contributed by atoms with E-state index in [1.807, 2.05) is 0 Å². The first kappa shape index (κ1) is 11.8. The monoisotopic (exact) mass is 209 g/mol. The molecular formula is C10H18F3N. The van der Waals surface area contributed by atoms with Crippen molar-refractivity contribution in [1.29, 1.82) is 0 Å². The second-order valence-electron chi connectivity index (χ2n) is 4.05. The third-order valence-electron chi connectivity index (χ3n) is 2.77. The van der Waals surface area contributed by atoms with Gasteiger partial charge in [0, 0.05) is 6.42 Å². The molecule has 1 aliphatic rings. The lowest BCUT2D eigenvalue weighted by molar-refractivity contribution is -0.135. The van der Waals surface area contributed by atoms with Gasteiger partial charge in [-0.2, -0.15) is 13.2 Å². The lowest BCUT2D eigenvalue weighted by atomic mass is 9.83. The van der Waals surface area contributed by atoms with E-state index in [9.17, 15) is 13.2 Å². The minimum absolute atomic E-state index is 0.203. The fourth-order valence-corrected chi connectivity index (χ4v) is 1.63. The third-order valence-corrected chi connectivity index (χ3v) is 2.77. The van der Waals surface area contributed by atoms with Gasteiger partial charge in [0.1, 0.15) is 0 Å². The number of halogens is 3. The summed E-state index contributed by atoms with van der Waals surface area (Å²) in [5.74, 6) is 0.838. The standard InChI is InChI=1S/C10H18F3N/c11-10(12,13)6-2-7-14-8-5-9-3-1-4-9/h9,14H,1-8H2. The van der Waals surface area contributed by atoms with Crippen molar-refractivity contribution in [3.63, 3.8) is 0 Å². The van der Waals surface area contributed by atoms with Crippen LogP contribution >= 0.6 is 0 Å². The highest BCUT2D eigenvalue weighted by Crippen LogP contribution is 2.28. The highest BCUT2D eigenvalue weighted by molar-refractivity contribution is 4.70. The quantitative estimate of drug-likeness (QED) is 0.663. The van der Waals surface area contributed by atoms with Gasteiger partial charge in [0.15, 0.2) is 0 Å². The maximum atomic E-state index is 11.7. The highest BCUT2D eigenvalue weighted by atomic mass is 19.4. The van der Waals surface area contributed by atoms with Crippen LogP contribution < -0.4 is 5.32 Å². The topological polar surface area (TPSA) is 12.0 Å². The summed E-state index contributed by atoms with van der Waals surface area (Å²) >= 11 is 0. The van der Waals surface area contributed by atoms with Crippen LogP contribution in [0, 0.1) is 5.92 Å². The van der Waals surface area contributed by atoms with Crippen molar-refractivity contribution >= 4 is 0 Å². The van der Waals surface area contributed by atoms with Gasteiger partial charge in [0.2, 0.25) is 0 Å². The molecule has 1 fully saturated rings. The van der Waals surface area contributed by atoms with Crippen LogP contribution in [-0.2, 0) is 0 Å². The molecule has 14 heavy (non-hydrogen) atoms. The van der Waals surface area contributed by atoms with Crippen molar-refractivity contribution in [2.45, 2.75) is 44.7 Å². The summed E-state index contributed by atoms with van der Waals surface area (Å²) in [6, 6.07) is 0. The Hall–Kier alpha value is -0.250. The first-order valence-electron chi connectivity index (χ1n) is 5.35. The number of alkyl halides is 3. The SMILES string of the molecule is FC(F)(F)CCCNCCC1CCC1. The van der Waals surface area contributed by atoms with E-state index < -0.39 is 12.6 Å². The smallest absolute Gasteiger partial charge is 0.317 e. The van der Waals surface area contributed by atoms with E-state index in [2.05, 4.69) is 5.32 Å². The van der Waals surface area contributed by atoms with Crippen molar-refractivity contribution in [2.75, 3.05) is 13.1 Å².